The lowest BCUT2D eigenvalue weighted by atomic mass is 9.95. The molecular weight excluding hydrogens is 540 g/mol. The Morgan fingerprint density at radius 2 is 1.30 bits per heavy atom. The summed E-state index contributed by atoms with van der Waals surface area (Å²) in [5.74, 6) is -1.12. The van der Waals surface area contributed by atoms with Crippen molar-refractivity contribution < 1.29 is 8.78 Å². The van der Waals surface area contributed by atoms with E-state index in [4.69, 9.17) is 0 Å². The van der Waals surface area contributed by atoms with Gasteiger partial charge < -0.3 is 10.6 Å². The standard InChI is InChI=1S/C22H17Br2F2N3.ClH/c23-16-7-3-1-5-14(16)20-21(15-6-2-4-8-17(15)24)29-22(28-20)27-12-13-9-10-18(25)19(26)11-13;/h1-11,20-21H,12H2,(H2,27,28,29);1H. The minimum Gasteiger partial charge on any atom is -0.347 e. The minimum atomic E-state index is -0.868. The van der Waals surface area contributed by atoms with Crippen LogP contribution in [0.1, 0.15) is 28.8 Å². The first-order valence-corrected chi connectivity index (χ1v) is 10.6. The van der Waals surface area contributed by atoms with E-state index in [1.54, 1.807) is 0 Å². The maximum atomic E-state index is 13.5. The lowest BCUT2D eigenvalue weighted by Crippen LogP contribution is -2.25. The summed E-state index contributed by atoms with van der Waals surface area (Å²) in [7, 11) is 0. The van der Waals surface area contributed by atoms with Gasteiger partial charge in [-0.1, -0.05) is 74.3 Å². The van der Waals surface area contributed by atoms with Crippen LogP contribution in [0.5, 0.6) is 0 Å². The maximum absolute atomic E-state index is 13.5. The van der Waals surface area contributed by atoms with Gasteiger partial charge in [0.1, 0.15) is 0 Å². The van der Waals surface area contributed by atoms with E-state index in [-0.39, 0.29) is 31.0 Å². The van der Waals surface area contributed by atoms with Crippen molar-refractivity contribution >= 4 is 50.2 Å². The van der Waals surface area contributed by atoms with E-state index in [1.807, 2.05) is 36.4 Å². The van der Waals surface area contributed by atoms with Gasteiger partial charge in [0.2, 0.25) is 0 Å². The van der Waals surface area contributed by atoms with Crippen molar-refractivity contribution in [2.75, 3.05) is 0 Å². The molecule has 1 aliphatic heterocycles. The van der Waals surface area contributed by atoms with Crippen molar-refractivity contribution in [2.24, 2.45) is 4.99 Å². The molecule has 30 heavy (non-hydrogen) atoms. The van der Waals surface area contributed by atoms with Gasteiger partial charge in [0.15, 0.2) is 17.6 Å². The molecule has 0 saturated carbocycles. The largest absolute Gasteiger partial charge is 0.347 e. The molecule has 0 spiro atoms. The van der Waals surface area contributed by atoms with Crippen LogP contribution >= 0.6 is 44.3 Å². The number of nitrogens with one attached hydrogen (secondary N) is 2. The van der Waals surface area contributed by atoms with Crippen LogP contribution in [-0.2, 0) is 6.54 Å². The second kappa shape index (κ2) is 9.90. The van der Waals surface area contributed by atoms with Gasteiger partial charge in [-0.3, -0.25) is 0 Å². The monoisotopic (exact) mass is 555 g/mol. The van der Waals surface area contributed by atoms with Crippen molar-refractivity contribution in [1.82, 2.24) is 10.6 Å². The molecule has 3 aromatic rings. The van der Waals surface area contributed by atoms with Gasteiger partial charge in [-0.15, -0.1) is 12.4 Å². The van der Waals surface area contributed by atoms with Crippen molar-refractivity contribution in [3.05, 3.63) is 104 Å². The summed E-state index contributed by atoms with van der Waals surface area (Å²) in [6.07, 6.45) is 0. The molecule has 8 heteroatoms. The lowest BCUT2D eigenvalue weighted by molar-refractivity contribution is 0.507. The first kappa shape index (κ1) is 22.7. The van der Waals surface area contributed by atoms with E-state index in [0.29, 0.717) is 11.5 Å². The third-order valence-corrected chi connectivity index (χ3v) is 6.25. The summed E-state index contributed by atoms with van der Waals surface area (Å²) >= 11 is 7.28. The molecule has 0 radical (unpaired) electrons. The summed E-state index contributed by atoms with van der Waals surface area (Å²) in [4.78, 5) is 4.55. The van der Waals surface area contributed by atoms with Crippen LogP contribution in [0, 0.1) is 11.6 Å². The van der Waals surface area contributed by atoms with E-state index in [0.717, 1.165) is 26.1 Å². The third kappa shape index (κ3) is 4.85. The summed E-state index contributed by atoms with van der Waals surface area (Å²) in [5, 5.41) is 6.88. The van der Waals surface area contributed by atoms with E-state index in [9.17, 15) is 8.78 Å². The summed E-state index contributed by atoms with van der Waals surface area (Å²) in [6, 6.07) is 19.8. The molecule has 0 amide bonds. The lowest BCUT2D eigenvalue weighted by Gasteiger charge is -2.21. The Labute approximate surface area is 196 Å². The molecule has 4 rings (SSSR count). The summed E-state index contributed by atoms with van der Waals surface area (Å²) < 4.78 is 28.6. The zero-order valence-corrected chi connectivity index (χ0v) is 19.6. The fraction of sp³-hybridized carbons (Fsp3) is 0.136. The van der Waals surface area contributed by atoms with E-state index < -0.39 is 11.6 Å². The Morgan fingerprint density at radius 3 is 1.80 bits per heavy atom. The number of nitrogens with zero attached hydrogens (tertiary/aromatic N) is 1. The van der Waals surface area contributed by atoms with E-state index in [2.05, 4.69) is 59.6 Å². The van der Waals surface area contributed by atoms with Crippen LogP contribution in [0.4, 0.5) is 8.78 Å². The average molecular weight is 558 g/mol. The Hall–Kier alpha value is -1.96. The van der Waals surface area contributed by atoms with Crippen molar-refractivity contribution in [1.29, 1.82) is 0 Å². The third-order valence-electron chi connectivity index (χ3n) is 4.80. The molecule has 0 aliphatic carbocycles. The van der Waals surface area contributed by atoms with E-state index in [1.165, 1.54) is 12.1 Å². The van der Waals surface area contributed by atoms with Crippen molar-refractivity contribution in [3.8, 4) is 0 Å². The highest BCUT2D eigenvalue weighted by Gasteiger charge is 2.34. The second-order valence-corrected chi connectivity index (χ2v) is 8.41. The number of hydrogen-bond acceptors (Lipinski definition) is 1. The Kier molecular flexibility index (Phi) is 7.50. The Balaban J connectivity index is 0.00000256. The highest BCUT2D eigenvalue weighted by Crippen LogP contribution is 2.38. The highest BCUT2D eigenvalue weighted by molar-refractivity contribution is 9.10. The van der Waals surface area contributed by atoms with Gasteiger partial charge >= 0.3 is 0 Å². The predicted molar refractivity (Wildman–Crippen MR) is 125 cm³/mol. The highest BCUT2D eigenvalue weighted by atomic mass is 79.9. The molecule has 1 fully saturated rings. The molecule has 1 heterocycles. The Bertz CT molecular complexity index is 1020. The first-order chi connectivity index (χ1) is 14.0. The summed E-state index contributed by atoms with van der Waals surface area (Å²) in [6.45, 7) is 0.234. The molecule has 2 atom stereocenters. The normalized spacial score (nSPS) is 17.7. The number of guanidine groups is 1. The number of halogens is 5. The van der Waals surface area contributed by atoms with Gasteiger partial charge in [-0.05, 0) is 41.0 Å². The van der Waals surface area contributed by atoms with Crippen LogP contribution in [0.25, 0.3) is 0 Å². The van der Waals surface area contributed by atoms with Crippen LogP contribution in [0.2, 0.25) is 0 Å². The predicted octanol–water partition coefficient (Wildman–Crippen LogP) is 6.44. The van der Waals surface area contributed by atoms with Gasteiger partial charge in [-0.2, -0.15) is 0 Å². The van der Waals surface area contributed by atoms with E-state index >= 15 is 0 Å². The topological polar surface area (TPSA) is 36.4 Å². The SMILES string of the molecule is Cl.Fc1ccc(CN=C2NC(c3ccccc3Br)C(c3ccccc3Br)N2)cc1F. The molecule has 2 N–H and O–H groups in total. The molecule has 156 valence electrons. The zero-order chi connectivity index (χ0) is 20.4. The average Bonchev–Trinajstić information content (AvgIpc) is 3.13. The smallest absolute Gasteiger partial charge is 0.192 e. The van der Waals surface area contributed by atoms with Crippen LogP contribution in [-0.4, -0.2) is 5.96 Å². The molecule has 0 bridgehead atoms. The molecule has 1 saturated heterocycles. The van der Waals surface area contributed by atoms with Gasteiger partial charge in [0.05, 0.1) is 18.6 Å². The fourth-order valence-electron chi connectivity index (χ4n) is 3.37. The Morgan fingerprint density at radius 1 is 0.767 bits per heavy atom. The number of hydrogen-bond donors (Lipinski definition) is 2. The molecule has 3 nitrogen and oxygen atoms in total. The van der Waals surface area contributed by atoms with Crippen LogP contribution in [0.15, 0.2) is 80.7 Å². The van der Waals surface area contributed by atoms with Crippen LogP contribution in [0.3, 0.4) is 0 Å². The van der Waals surface area contributed by atoms with Gasteiger partial charge in [0.25, 0.3) is 0 Å². The fourth-order valence-corrected chi connectivity index (χ4v) is 4.43. The van der Waals surface area contributed by atoms with Crippen LogP contribution < -0.4 is 10.6 Å². The van der Waals surface area contributed by atoms with Crippen molar-refractivity contribution in [2.45, 2.75) is 18.6 Å². The molecule has 2 unspecified atom stereocenters. The van der Waals surface area contributed by atoms with Gasteiger partial charge in [0, 0.05) is 8.95 Å². The quantitative estimate of drug-likeness (QED) is 0.387. The molecule has 0 aromatic heterocycles. The minimum absolute atomic E-state index is 0. The summed E-state index contributed by atoms with van der Waals surface area (Å²) in [5.41, 5.74) is 2.79. The molecule has 1 aliphatic rings. The second-order valence-electron chi connectivity index (χ2n) is 6.70. The first-order valence-electron chi connectivity index (χ1n) is 9.03. The molecule has 3 aromatic carbocycles. The van der Waals surface area contributed by atoms with Gasteiger partial charge in [-0.25, -0.2) is 13.8 Å². The zero-order valence-electron chi connectivity index (χ0n) is 15.6. The number of aliphatic imine (C=N–C) groups is 1. The number of rotatable bonds is 4. The molecular formula is C22H18Br2ClF2N3. The van der Waals surface area contributed by atoms with Crippen molar-refractivity contribution in [3.63, 3.8) is 0 Å². The number of benzene rings is 3. The maximum Gasteiger partial charge on any atom is 0.192 e.